The predicted octanol–water partition coefficient (Wildman–Crippen LogP) is 2.46. The third kappa shape index (κ3) is 3.15. The number of hydrogen-bond acceptors (Lipinski definition) is 5. The summed E-state index contributed by atoms with van der Waals surface area (Å²) in [7, 11) is 1.92. The monoisotopic (exact) mass is 290 g/mol. The molecular formula is C15H22N4O2. The molecule has 0 N–H and O–H groups in total. The second-order valence-corrected chi connectivity index (χ2v) is 6.12. The number of aromatic nitrogens is 4. The Morgan fingerprint density at radius 2 is 2.29 bits per heavy atom. The summed E-state index contributed by atoms with van der Waals surface area (Å²) < 4.78 is 13.1. The van der Waals surface area contributed by atoms with Crippen LogP contribution >= 0.6 is 0 Å². The Balaban J connectivity index is 1.66. The van der Waals surface area contributed by atoms with Crippen LogP contribution in [0.2, 0.25) is 0 Å². The van der Waals surface area contributed by atoms with Crippen LogP contribution in [0.25, 0.3) is 11.6 Å². The van der Waals surface area contributed by atoms with Crippen molar-refractivity contribution in [3.05, 3.63) is 18.3 Å². The topological polar surface area (TPSA) is 66.0 Å². The minimum Gasteiger partial charge on any atom is -0.378 e. The van der Waals surface area contributed by atoms with Crippen molar-refractivity contribution in [2.45, 2.75) is 39.2 Å². The normalized spacial score (nSPS) is 22.9. The summed E-state index contributed by atoms with van der Waals surface area (Å²) in [6.45, 7) is 5.24. The molecule has 1 aliphatic rings. The molecule has 2 aromatic heterocycles. The molecule has 114 valence electrons. The van der Waals surface area contributed by atoms with Crippen LogP contribution in [0.1, 0.15) is 32.6 Å². The Hall–Kier alpha value is -1.69. The molecule has 3 heterocycles. The van der Waals surface area contributed by atoms with Gasteiger partial charge in [-0.1, -0.05) is 19.0 Å². The van der Waals surface area contributed by atoms with Crippen molar-refractivity contribution < 1.29 is 9.26 Å². The van der Waals surface area contributed by atoms with E-state index < -0.39 is 0 Å². The Labute approximate surface area is 124 Å². The zero-order chi connectivity index (χ0) is 14.8. The van der Waals surface area contributed by atoms with Crippen molar-refractivity contribution >= 4 is 0 Å². The maximum absolute atomic E-state index is 5.81. The van der Waals surface area contributed by atoms with Gasteiger partial charge in [0.1, 0.15) is 0 Å². The molecule has 0 unspecified atom stereocenters. The Morgan fingerprint density at radius 1 is 1.43 bits per heavy atom. The highest BCUT2D eigenvalue weighted by Gasteiger charge is 2.26. The van der Waals surface area contributed by atoms with Gasteiger partial charge in [-0.05, 0) is 24.7 Å². The van der Waals surface area contributed by atoms with Gasteiger partial charge in [-0.25, -0.2) is 4.98 Å². The second-order valence-electron chi connectivity index (χ2n) is 6.12. The fourth-order valence-electron chi connectivity index (χ4n) is 2.81. The van der Waals surface area contributed by atoms with Gasteiger partial charge in [0.05, 0.1) is 6.10 Å². The average Bonchev–Trinajstić information content (AvgIpc) is 3.08. The number of aryl methyl sites for hydroxylation is 1. The lowest BCUT2D eigenvalue weighted by Crippen LogP contribution is -2.30. The molecule has 0 aromatic carbocycles. The zero-order valence-corrected chi connectivity index (χ0v) is 12.8. The second kappa shape index (κ2) is 5.97. The van der Waals surface area contributed by atoms with Gasteiger partial charge in [0, 0.05) is 32.5 Å². The van der Waals surface area contributed by atoms with Gasteiger partial charge < -0.3 is 13.8 Å². The van der Waals surface area contributed by atoms with E-state index in [1.165, 1.54) is 0 Å². The van der Waals surface area contributed by atoms with Crippen molar-refractivity contribution in [3.63, 3.8) is 0 Å². The number of ether oxygens (including phenoxy) is 1. The average molecular weight is 290 g/mol. The fraction of sp³-hybridized carbons (Fsp3) is 0.667. The first kappa shape index (κ1) is 14.3. The Kier molecular flexibility index (Phi) is 4.05. The maximum atomic E-state index is 5.81. The van der Waals surface area contributed by atoms with Crippen LogP contribution in [0.4, 0.5) is 0 Å². The minimum absolute atomic E-state index is 0.348. The van der Waals surface area contributed by atoms with Crippen LogP contribution in [0, 0.1) is 11.8 Å². The first-order valence-electron chi connectivity index (χ1n) is 7.55. The molecule has 6 nitrogen and oxygen atoms in total. The molecule has 21 heavy (non-hydrogen) atoms. The Morgan fingerprint density at radius 3 is 3.00 bits per heavy atom. The van der Waals surface area contributed by atoms with E-state index in [1.54, 1.807) is 6.20 Å². The lowest BCUT2D eigenvalue weighted by molar-refractivity contribution is -0.0349. The summed E-state index contributed by atoms with van der Waals surface area (Å²) in [6, 6.07) is 0. The first-order valence-corrected chi connectivity index (χ1v) is 7.55. The lowest BCUT2D eigenvalue weighted by atomic mass is 9.88. The molecule has 1 saturated heterocycles. The predicted molar refractivity (Wildman–Crippen MR) is 77.5 cm³/mol. The van der Waals surface area contributed by atoms with Crippen LogP contribution in [0.3, 0.4) is 0 Å². The van der Waals surface area contributed by atoms with Gasteiger partial charge in [0.15, 0.2) is 5.82 Å². The lowest BCUT2D eigenvalue weighted by Gasteiger charge is -2.31. The van der Waals surface area contributed by atoms with Gasteiger partial charge in [-0.3, -0.25) is 0 Å². The summed E-state index contributed by atoms with van der Waals surface area (Å²) in [6.07, 6.45) is 6.90. The van der Waals surface area contributed by atoms with Crippen molar-refractivity contribution in [2.24, 2.45) is 18.9 Å². The zero-order valence-electron chi connectivity index (χ0n) is 12.8. The molecule has 0 aliphatic carbocycles. The van der Waals surface area contributed by atoms with E-state index in [0.717, 1.165) is 31.7 Å². The molecule has 0 spiro atoms. The molecular weight excluding hydrogens is 268 g/mol. The van der Waals surface area contributed by atoms with Crippen LogP contribution in [0.15, 0.2) is 16.9 Å². The van der Waals surface area contributed by atoms with Crippen molar-refractivity contribution in [2.75, 3.05) is 6.61 Å². The summed E-state index contributed by atoms with van der Waals surface area (Å²) in [5.41, 5.74) is 0. The van der Waals surface area contributed by atoms with Crippen molar-refractivity contribution in [3.8, 4) is 11.6 Å². The molecule has 0 radical (unpaired) electrons. The van der Waals surface area contributed by atoms with Gasteiger partial charge in [-0.2, -0.15) is 4.98 Å². The van der Waals surface area contributed by atoms with E-state index in [0.29, 0.717) is 29.7 Å². The van der Waals surface area contributed by atoms with Gasteiger partial charge in [0.2, 0.25) is 11.7 Å². The minimum atomic E-state index is 0.348. The molecule has 3 rings (SSSR count). The Bertz CT molecular complexity index is 590. The van der Waals surface area contributed by atoms with E-state index >= 15 is 0 Å². The maximum Gasteiger partial charge on any atom is 0.238 e. The third-order valence-corrected chi connectivity index (χ3v) is 4.12. The van der Waals surface area contributed by atoms with Crippen molar-refractivity contribution in [1.82, 2.24) is 19.7 Å². The summed E-state index contributed by atoms with van der Waals surface area (Å²) in [5.74, 6) is 3.10. The highest BCUT2D eigenvalue weighted by Crippen LogP contribution is 2.27. The first-order chi connectivity index (χ1) is 10.1. The van der Waals surface area contributed by atoms with E-state index in [-0.39, 0.29) is 0 Å². The van der Waals surface area contributed by atoms with E-state index in [4.69, 9.17) is 9.26 Å². The van der Waals surface area contributed by atoms with E-state index in [2.05, 4.69) is 29.0 Å². The van der Waals surface area contributed by atoms with E-state index in [9.17, 15) is 0 Å². The van der Waals surface area contributed by atoms with Crippen LogP contribution in [0.5, 0.6) is 0 Å². The largest absolute Gasteiger partial charge is 0.378 e. The molecule has 0 bridgehead atoms. The number of hydrogen-bond donors (Lipinski definition) is 0. The summed E-state index contributed by atoms with van der Waals surface area (Å²) >= 11 is 0. The summed E-state index contributed by atoms with van der Waals surface area (Å²) in [4.78, 5) is 8.71. The third-order valence-electron chi connectivity index (χ3n) is 4.12. The van der Waals surface area contributed by atoms with Gasteiger partial charge >= 0.3 is 0 Å². The van der Waals surface area contributed by atoms with E-state index in [1.807, 2.05) is 17.8 Å². The fourth-order valence-corrected chi connectivity index (χ4v) is 2.81. The standard InChI is InChI=1S/C15H22N4O2/c1-10(2)12-8-11(4-7-20-12)9-13-17-14(18-21-13)15-16-5-6-19(15)3/h5-6,10-12H,4,7-9H2,1-3H3/t11-,12-/m0/s1. The van der Waals surface area contributed by atoms with Crippen LogP contribution in [-0.2, 0) is 18.2 Å². The van der Waals surface area contributed by atoms with Crippen molar-refractivity contribution in [1.29, 1.82) is 0 Å². The molecule has 1 aliphatic heterocycles. The number of rotatable bonds is 4. The van der Waals surface area contributed by atoms with Crippen LogP contribution in [-0.4, -0.2) is 32.4 Å². The highest BCUT2D eigenvalue weighted by atomic mass is 16.5. The van der Waals surface area contributed by atoms with Gasteiger partial charge in [-0.15, -0.1) is 0 Å². The van der Waals surface area contributed by atoms with Gasteiger partial charge in [0.25, 0.3) is 0 Å². The molecule has 0 amide bonds. The molecule has 0 saturated carbocycles. The smallest absolute Gasteiger partial charge is 0.238 e. The summed E-state index contributed by atoms with van der Waals surface area (Å²) in [5, 5.41) is 4.04. The molecule has 1 fully saturated rings. The SMILES string of the molecule is CC(C)[C@@H]1C[C@@H](Cc2nc(-c3nccn3C)no2)CCO1. The number of imidazole rings is 1. The quantitative estimate of drug-likeness (QED) is 0.865. The molecule has 6 heteroatoms. The molecule has 2 aromatic rings. The number of nitrogens with zero attached hydrogens (tertiary/aromatic N) is 4. The van der Waals surface area contributed by atoms with Crippen LogP contribution < -0.4 is 0 Å². The molecule has 2 atom stereocenters. The highest BCUT2D eigenvalue weighted by molar-refractivity contribution is 5.42.